The van der Waals surface area contributed by atoms with Gasteiger partial charge in [0, 0.05) is 38.9 Å². The second-order valence-corrected chi connectivity index (χ2v) is 7.93. The Morgan fingerprint density at radius 1 is 1.15 bits per heavy atom. The van der Waals surface area contributed by atoms with Gasteiger partial charge in [-0.3, -0.25) is 4.79 Å². The van der Waals surface area contributed by atoms with E-state index in [1.165, 1.54) is 4.57 Å². The average molecular weight is 475 g/mol. The summed E-state index contributed by atoms with van der Waals surface area (Å²) in [6.45, 7) is 3.19. The fourth-order valence-corrected chi connectivity index (χ4v) is 4.55. The molecule has 7 nitrogen and oxygen atoms in total. The van der Waals surface area contributed by atoms with Gasteiger partial charge in [-0.2, -0.15) is 0 Å². The Hall–Kier alpha value is -3.69. The Kier molecular flexibility index (Phi) is 6.41. The zero-order valence-corrected chi connectivity index (χ0v) is 18.7. The number of hydrogen-bond acceptors (Lipinski definition) is 5. The zero-order chi connectivity index (χ0) is 24.6. The first-order valence-corrected chi connectivity index (χ1v) is 10.8. The third-order valence-electron chi connectivity index (χ3n) is 6.14. The molecule has 0 radical (unpaired) electrons. The number of pyridine rings is 1. The summed E-state index contributed by atoms with van der Waals surface area (Å²) in [5, 5.41) is 8.96. The van der Waals surface area contributed by atoms with Crippen LogP contribution < -0.4 is 20.0 Å². The van der Waals surface area contributed by atoms with Crippen molar-refractivity contribution in [3.8, 4) is 5.75 Å². The van der Waals surface area contributed by atoms with E-state index < -0.39 is 34.8 Å². The highest BCUT2D eigenvalue weighted by Crippen LogP contribution is 2.39. The number of ether oxygens (including phenoxy) is 1. The number of nitrogens with zero attached hydrogens (tertiary/aromatic N) is 3. The molecule has 4 rings (SSSR count). The maximum absolute atomic E-state index is 15.3. The van der Waals surface area contributed by atoms with Crippen molar-refractivity contribution in [3.05, 3.63) is 63.7 Å². The summed E-state index contributed by atoms with van der Waals surface area (Å²) in [6, 6.07) is 8.33. The predicted octanol–water partition coefficient (Wildman–Crippen LogP) is 4.13. The number of para-hydroxylation sites is 2. The fourth-order valence-electron chi connectivity index (χ4n) is 4.55. The quantitative estimate of drug-likeness (QED) is 0.578. The Bertz CT molecular complexity index is 1300. The molecule has 0 bridgehead atoms. The Morgan fingerprint density at radius 2 is 1.79 bits per heavy atom. The van der Waals surface area contributed by atoms with Gasteiger partial charge in [-0.05, 0) is 25.1 Å². The smallest absolute Gasteiger partial charge is 0.341 e. The minimum atomic E-state index is -3.08. The standard InChI is InChI=1S/C24H24F3N3O4/c1-3-28-13-15(24(32)33)22(31)14-12-16(25)21(19(20(14)28)23(26)27)30-10-8-29(9-11-30)17-6-4-5-7-18(17)34-2/h4-7,12-13,23H,3,8-11H2,1-2H3,(H,32,33). The van der Waals surface area contributed by atoms with Crippen LogP contribution in [0.5, 0.6) is 5.75 Å². The number of carbonyl (C=O) groups is 1. The van der Waals surface area contributed by atoms with Crippen molar-refractivity contribution in [1.29, 1.82) is 0 Å². The Balaban J connectivity index is 1.80. The summed E-state index contributed by atoms with van der Waals surface area (Å²) in [5.74, 6) is -1.79. The van der Waals surface area contributed by atoms with Crippen LogP contribution in [-0.4, -0.2) is 48.9 Å². The first-order chi connectivity index (χ1) is 16.3. The van der Waals surface area contributed by atoms with E-state index in [0.717, 1.165) is 18.0 Å². The Morgan fingerprint density at radius 3 is 2.38 bits per heavy atom. The van der Waals surface area contributed by atoms with E-state index in [1.54, 1.807) is 18.9 Å². The summed E-state index contributed by atoms with van der Waals surface area (Å²) < 4.78 is 50.8. The van der Waals surface area contributed by atoms with Crippen molar-refractivity contribution in [2.24, 2.45) is 0 Å². The molecule has 0 aliphatic carbocycles. The molecular formula is C24H24F3N3O4. The van der Waals surface area contributed by atoms with E-state index in [2.05, 4.69) is 0 Å². The number of fused-ring (bicyclic) bond motifs is 1. The van der Waals surface area contributed by atoms with Gasteiger partial charge in [-0.15, -0.1) is 0 Å². The van der Waals surface area contributed by atoms with E-state index >= 15 is 4.39 Å². The zero-order valence-electron chi connectivity index (χ0n) is 18.7. The van der Waals surface area contributed by atoms with E-state index in [-0.39, 0.29) is 36.2 Å². The summed E-state index contributed by atoms with van der Waals surface area (Å²) in [4.78, 5) is 27.7. The summed E-state index contributed by atoms with van der Waals surface area (Å²) in [7, 11) is 1.57. The number of anilines is 2. The number of piperazine rings is 1. The van der Waals surface area contributed by atoms with E-state index in [1.807, 2.05) is 29.2 Å². The molecule has 1 aliphatic rings. The molecule has 34 heavy (non-hydrogen) atoms. The van der Waals surface area contributed by atoms with Gasteiger partial charge in [0.25, 0.3) is 6.43 Å². The number of aryl methyl sites for hydroxylation is 1. The number of rotatable bonds is 6. The van der Waals surface area contributed by atoms with Crippen molar-refractivity contribution >= 4 is 28.2 Å². The lowest BCUT2D eigenvalue weighted by Crippen LogP contribution is -2.47. The number of carboxylic acids is 1. The monoisotopic (exact) mass is 475 g/mol. The number of aromatic nitrogens is 1. The number of aromatic carboxylic acids is 1. The second-order valence-electron chi connectivity index (χ2n) is 7.93. The number of carboxylic acid groups (broad SMARTS) is 1. The largest absolute Gasteiger partial charge is 0.495 e. The molecule has 10 heteroatoms. The van der Waals surface area contributed by atoms with E-state index in [4.69, 9.17) is 4.74 Å². The normalized spacial score (nSPS) is 14.2. The molecule has 0 saturated carbocycles. The maximum atomic E-state index is 15.3. The topological polar surface area (TPSA) is 75.0 Å². The second kappa shape index (κ2) is 9.28. The molecule has 1 fully saturated rings. The molecule has 0 amide bonds. The van der Waals surface area contributed by atoms with E-state index in [9.17, 15) is 23.5 Å². The van der Waals surface area contributed by atoms with Crippen LogP contribution in [0.3, 0.4) is 0 Å². The van der Waals surface area contributed by atoms with Gasteiger partial charge in [-0.1, -0.05) is 12.1 Å². The van der Waals surface area contributed by atoms with E-state index in [0.29, 0.717) is 18.8 Å². The van der Waals surface area contributed by atoms with Gasteiger partial charge in [0.15, 0.2) is 0 Å². The van der Waals surface area contributed by atoms with Crippen LogP contribution in [-0.2, 0) is 6.54 Å². The Labute approximate surface area is 193 Å². The highest BCUT2D eigenvalue weighted by molar-refractivity contribution is 5.95. The van der Waals surface area contributed by atoms with Gasteiger partial charge < -0.3 is 24.2 Å². The molecule has 0 atom stereocenters. The number of halogens is 3. The van der Waals surface area contributed by atoms with Crippen LogP contribution in [0.2, 0.25) is 0 Å². The number of hydrogen-bond donors (Lipinski definition) is 1. The molecular weight excluding hydrogens is 451 g/mol. The van der Waals surface area contributed by atoms with Gasteiger partial charge in [0.2, 0.25) is 5.43 Å². The molecule has 2 aromatic carbocycles. The number of benzene rings is 2. The molecule has 3 aromatic rings. The minimum absolute atomic E-state index is 0.128. The summed E-state index contributed by atoms with van der Waals surface area (Å²) in [5.41, 5.74) is -1.72. The number of methoxy groups -OCH3 is 1. The fraction of sp³-hybridized carbons (Fsp3) is 0.333. The third kappa shape index (κ3) is 3.93. The van der Waals surface area contributed by atoms with Gasteiger partial charge in [0.05, 0.1) is 35.0 Å². The lowest BCUT2D eigenvalue weighted by atomic mass is 10.0. The highest BCUT2D eigenvalue weighted by Gasteiger charge is 2.31. The molecule has 2 heterocycles. The van der Waals surface area contributed by atoms with Crippen LogP contribution in [0.4, 0.5) is 24.5 Å². The highest BCUT2D eigenvalue weighted by atomic mass is 19.3. The molecule has 1 N–H and O–H groups in total. The van der Waals surface area contributed by atoms with Crippen LogP contribution in [0.15, 0.2) is 41.3 Å². The van der Waals surface area contributed by atoms with Gasteiger partial charge in [0.1, 0.15) is 17.1 Å². The lowest BCUT2D eigenvalue weighted by molar-refractivity contribution is 0.0695. The van der Waals surface area contributed by atoms with Crippen molar-refractivity contribution in [2.75, 3.05) is 43.1 Å². The van der Waals surface area contributed by atoms with Crippen LogP contribution in [0.1, 0.15) is 29.3 Å². The van der Waals surface area contributed by atoms with Crippen molar-refractivity contribution in [2.45, 2.75) is 19.9 Å². The molecule has 0 spiro atoms. The summed E-state index contributed by atoms with van der Waals surface area (Å²) in [6.07, 6.45) is -2.03. The third-order valence-corrected chi connectivity index (χ3v) is 6.14. The van der Waals surface area contributed by atoms with Crippen LogP contribution >= 0.6 is 0 Å². The molecule has 180 valence electrons. The summed E-state index contributed by atoms with van der Waals surface area (Å²) >= 11 is 0. The van der Waals surface area contributed by atoms with Crippen molar-refractivity contribution < 1.29 is 27.8 Å². The SMILES string of the molecule is CCn1cc(C(=O)O)c(=O)c2cc(F)c(N3CCN(c4ccccc4OC)CC3)c(C(F)F)c21. The van der Waals surface area contributed by atoms with Crippen LogP contribution in [0.25, 0.3) is 10.9 Å². The minimum Gasteiger partial charge on any atom is -0.495 e. The molecule has 1 aromatic heterocycles. The van der Waals surface area contributed by atoms with Crippen molar-refractivity contribution in [1.82, 2.24) is 4.57 Å². The van der Waals surface area contributed by atoms with Crippen LogP contribution in [0, 0.1) is 5.82 Å². The number of alkyl halides is 2. The van der Waals surface area contributed by atoms with Crippen molar-refractivity contribution in [3.63, 3.8) is 0 Å². The predicted molar refractivity (Wildman–Crippen MR) is 123 cm³/mol. The molecule has 0 unspecified atom stereocenters. The van der Waals surface area contributed by atoms with Gasteiger partial charge in [-0.25, -0.2) is 18.0 Å². The van der Waals surface area contributed by atoms with Gasteiger partial charge >= 0.3 is 5.97 Å². The molecule has 1 saturated heterocycles. The lowest BCUT2D eigenvalue weighted by Gasteiger charge is -2.38. The molecule has 1 aliphatic heterocycles. The first kappa shape index (κ1) is 23.5. The maximum Gasteiger partial charge on any atom is 0.341 e. The average Bonchev–Trinajstić information content (AvgIpc) is 2.83. The first-order valence-electron chi connectivity index (χ1n) is 10.8.